The molecule has 1 fully saturated rings. The zero-order valence-electron chi connectivity index (χ0n) is 10.5. The van der Waals surface area contributed by atoms with Crippen molar-refractivity contribution in [1.82, 2.24) is 9.80 Å². The van der Waals surface area contributed by atoms with Gasteiger partial charge in [-0.1, -0.05) is 0 Å². The number of carbonyl (C=O) groups is 1. The highest BCUT2D eigenvalue weighted by atomic mass is 16.3. The highest BCUT2D eigenvalue weighted by molar-refractivity contribution is 5.80. The lowest BCUT2D eigenvalue weighted by Gasteiger charge is -2.32. The monoisotopic (exact) mass is 250 g/mol. The first-order valence-corrected chi connectivity index (χ1v) is 6.01. The van der Waals surface area contributed by atoms with Crippen molar-refractivity contribution < 1.29 is 15.0 Å². The molecule has 0 atom stereocenters. The van der Waals surface area contributed by atoms with Crippen LogP contribution in [0.25, 0.3) is 0 Å². The minimum Gasteiger partial charge on any atom is -0.507 e. The van der Waals surface area contributed by atoms with Gasteiger partial charge in [-0.15, -0.1) is 0 Å². The Hall–Kier alpha value is -1.59. The molecule has 18 heavy (non-hydrogen) atoms. The zero-order valence-corrected chi connectivity index (χ0v) is 10.5. The Balaban J connectivity index is 2.15. The fourth-order valence-corrected chi connectivity index (χ4v) is 2.12. The Bertz CT molecular complexity index is 440. The van der Waals surface area contributed by atoms with Crippen molar-refractivity contribution in [3.63, 3.8) is 0 Å². The van der Waals surface area contributed by atoms with E-state index in [9.17, 15) is 15.0 Å². The lowest BCUT2D eigenvalue weighted by molar-refractivity contribution is 0.112. The molecule has 1 aromatic rings. The molecule has 0 bridgehead atoms. The molecule has 0 saturated carbocycles. The van der Waals surface area contributed by atoms with E-state index in [0.717, 1.165) is 26.2 Å². The van der Waals surface area contributed by atoms with E-state index in [2.05, 4.69) is 16.8 Å². The summed E-state index contributed by atoms with van der Waals surface area (Å²) in [5, 5.41) is 19.7. The third-order valence-corrected chi connectivity index (χ3v) is 3.39. The molecule has 5 heteroatoms. The van der Waals surface area contributed by atoms with Crippen LogP contribution in [0, 0.1) is 0 Å². The predicted molar refractivity (Wildman–Crippen MR) is 67.9 cm³/mol. The minimum absolute atomic E-state index is 0.0389. The molecule has 2 N–H and O–H groups in total. The third-order valence-electron chi connectivity index (χ3n) is 3.39. The molecule has 2 rings (SSSR count). The average Bonchev–Trinajstić information content (AvgIpc) is 2.37. The van der Waals surface area contributed by atoms with Gasteiger partial charge in [-0.05, 0) is 19.2 Å². The molecular formula is C13H18N2O3. The molecule has 0 aliphatic carbocycles. The van der Waals surface area contributed by atoms with Crippen LogP contribution in [0.1, 0.15) is 15.9 Å². The summed E-state index contributed by atoms with van der Waals surface area (Å²) < 4.78 is 0. The Morgan fingerprint density at radius 2 is 1.89 bits per heavy atom. The lowest BCUT2D eigenvalue weighted by Crippen LogP contribution is -2.43. The smallest absolute Gasteiger partial charge is 0.153 e. The van der Waals surface area contributed by atoms with Crippen LogP contribution in [-0.4, -0.2) is 59.5 Å². The van der Waals surface area contributed by atoms with Crippen molar-refractivity contribution in [2.45, 2.75) is 6.54 Å². The van der Waals surface area contributed by atoms with Crippen molar-refractivity contribution in [1.29, 1.82) is 0 Å². The molecule has 1 aromatic carbocycles. The second-order valence-electron chi connectivity index (χ2n) is 4.70. The standard InChI is InChI=1S/C13H18N2O3/c1-14-4-6-15(7-5-14)8-11-12(17)3-2-10(9-16)13(11)18/h2-3,9,17-18H,4-8H2,1H3. The van der Waals surface area contributed by atoms with Gasteiger partial charge in [-0.25, -0.2) is 0 Å². The fraction of sp³-hybridized carbons (Fsp3) is 0.462. The number of phenols is 2. The average molecular weight is 250 g/mol. The van der Waals surface area contributed by atoms with E-state index in [1.807, 2.05) is 0 Å². The lowest BCUT2D eigenvalue weighted by atomic mass is 10.1. The minimum atomic E-state index is -0.107. The fourth-order valence-electron chi connectivity index (χ4n) is 2.12. The maximum atomic E-state index is 10.8. The summed E-state index contributed by atoms with van der Waals surface area (Å²) in [5.41, 5.74) is 0.654. The second kappa shape index (κ2) is 5.37. The summed E-state index contributed by atoms with van der Waals surface area (Å²) in [6.45, 7) is 4.18. The zero-order chi connectivity index (χ0) is 13.1. The molecule has 98 valence electrons. The van der Waals surface area contributed by atoms with E-state index in [1.165, 1.54) is 12.1 Å². The van der Waals surface area contributed by atoms with Gasteiger partial charge in [-0.2, -0.15) is 0 Å². The molecule has 1 saturated heterocycles. The van der Waals surface area contributed by atoms with E-state index in [1.54, 1.807) is 0 Å². The van der Waals surface area contributed by atoms with Crippen LogP contribution in [0.15, 0.2) is 12.1 Å². The number of benzene rings is 1. The Morgan fingerprint density at radius 1 is 1.22 bits per heavy atom. The number of hydrogen-bond acceptors (Lipinski definition) is 5. The molecule has 1 aliphatic heterocycles. The second-order valence-corrected chi connectivity index (χ2v) is 4.70. The van der Waals surface area contributed by atoms with Gasteiger partial charge < -0.3 is 15.1 Å². The molecule has 0 spiro atoms. The van der Waals surface area contributed by atoms with E-state index < -0.39 is 0 Å². The van der Waals surface area contributed by atoms with Gasteiger partial charge in [0, 0.05) is 32.7 Å². The van der Waals surface area contributed by atoms with Crippen molar-refractivity contribution >= 4 is 6.29 Å². The number of nitrogens with zero attached hydrogens (tertiary/aromatic N) is 2. The van der Waals surface area contributed by atoms with E-state index in [0.29, 0.717) is 18.4 Å². The van der Waals surface area contributed by atoms with Gasteiger partial charge >= 0.3 is 0 Å². The first kappa shape index (κ1) is 12.9. The van der Waals surface area contributed by atoms with Crippen LogP contribution in [0.4, 0.5) is 0 Å². The van der Waals surface area contributed by atoms with Gasteiger partial charge in [0.1, 0.15) is 11.5 Å². The van der Waals surface area contributed by atoms with Crippen molar-refractivity contribution in [2.24, 2.45) is 0 Å². The normalized spacial score (nSPS) is 17.8. The van der Waals surface area contributed by atoms with Crippen LogP contribution in [0.5, 0.6) is 11.5 Å². The quantitative estimate of drug-likeness (QED) is 0.771. The summed E-state index contributed by atoms with van der Waals surface area (Å²) in [6.07, 6.45) is 0.599. The highest BCUT2D eigenvalue weighted by Crippen LogP contribution is 2.31. The molecule has 0 aromatic heterocycles. The molecule has 0 amide bonds. The van der Waals surface area contributed by atoms with Crippen molar-refractivity contribution in [2.75, 3.05) is 33.2 Å². The molecule has 1 heterocycles. The van der Waals surface area contributed by atoms with E-state index in [4.69, 9.17) is 0 Å². The number of phenolic OH excluding ortho intramolecular Hbond substituents is 2. The molecule has 0 radical (unpaired) electrons. The van der Waals surface area contributed by atoms with Crippen LogP contribution in [-0.2, 0) is 6.54 Å². The van der Waals surface area contributed by atoms with Gasteiger partial charge in [-0.3, -0.25) is 9.69 Å². The number of rotatable bonds is 3. The topological polar surface area (TPSA) is 64.0 Å². The molecule has 1 aliphatic rings. The number of aldehydes is 1. The van der Waals surface area contributed by atoms with Crippen molar-refractivity contribution in [3.8, 4) is 11.5 Å². The Kier molecular flexibility index (Phi) is 3.84. The molecular weight excluding hydrogens is 232 g/mol. The number of piperazine rings is 1. The first-order chi connectivity index (χ1) is 8.61. The summed E-state index contributed by atoms with van der Waals surface area (Å²) in [4.78, 5) is 15.2. The highest BCUT2D eigenvalue weighted by Gasteiger charge is 2.18. The third kappa shape index (κ3) is 2.63. The number of carbonyl (C=O) groups excluding carboxylic acids is 1. The van der Waals surface area contributed by atoms with E-state index in [-0.39, 0.29) is 17.1 Å². The summed E-state index contributed by atoms with van der Waals surface area (Å²) in [5.74, 6) is -0.0686. The summed E-state index contributed by atoms with van der Waals surface area (Å²) in [6, 6.07) is 2.88. The maximum absolute atomic E-state index is 10.8. The van der Waals surface area contributed by atoms with E-state index >= 15 is 0 Å². The largest absolute Gasteiger partial charge is 0.507 e. The Morgan fingerprint density at radius 3 is 2.50 bits per heavy atom. The van der Waals surface area contributed by atoms with Crippen LogP contribution in [0.3, 0.4) is 0 Å². The molecule has 0 unspecified atom stereocenters. The van der Waals surface area contributed by atoms with Gasteiger partial charge in [0.15, 0.2) is 6.29 Å². The van der Waals surface area contributed by atoms with Gasteiger partial charge in [0.05, 0.1) is 11.1 Å². The van der Waals surface area contributed by atoms with Crippen LogP contribution < -0.4 is 0 Å². The maximum Gasteiger partial charge on any atom is 0.153 e. The Labute approximate surface area is 106 Å². The van der Waals surface area contributed by atoms with Crippen molar-refractivity contribution in [3.05, 3.63) is 23.3 Å². The number of hydrogen-bond donors (Lipinski definition) is 2. The SMILES string of the molecule is CN1CCN(Cc2c(O)ccc(C=O)c2O)CC1. The summed E-state index contributed by atoms with van der Waals surface area (Å²) in [7, 11) is 2.07. The van der Waals surface area contributed by atoms with Gasteiger partial charge in [0.2, 0.25) is 0 Å². The first-order valence-electron chi connectivity index (χ1n) is 6.01. The number of likely N-dealkylation sites (N-methyl/N-ethyl adjacent to an activating group) is 1. The van der Waals surface area contributed by atoms with Crippen LogP contribution in [0.2, 0.25) is 0 Å². The molecule has 5 nitrogen and oxygen atoms in total. The summed E-state index contributed by atoms with van der Waals surface area (Å²) >= 11 is 0. The van der Waals surface area contributed by atoms with Gasteiger partial charge in [0.25, 0.3) is 0 Å². The predicted octanol–water partition coefficient (Wildman–Crippen LogP) is 0.658. The number of aromatic hydroxyl groups is 2. The van der Waals surface area contributed by atoms with Crippen LogP contribution >= 0.6 is 0 Å².